The van der Waals surface area contributed by atoms with Crippen molar-refractivity contribution in [1.29, 1.82) is 0 Å². The van der Waals surface area contributed by atoms with Gasteiger partial charge in [0.2, 0.25) is 0 Å². The number of hydrogen-bond acceptors (Lipinski definition) is 8. The number of thiophene rings is 2. The maximum atomic E-state index is 10.2. The molecule has 110 valence electrons. The SMILES string of the molecule is O=C(O)c1ccc([N+](=O)[O-])s1.O=Cc1ccc([N+](=O)[O-])s1. The number of carbonyl (C=O) groups excluding carboxylic acids is 1. The van der Waals surface area contributed by atoms with Crippen molar-refractivity contribution < 1.29 is 24.5 Å². The van der Waals surface area contributed by atoms with Crippen LogP contribution in [-0.2, 0) is 0 Å². The van der Waals surface area contributed by atoms with Crippen LogP contribution in [0.5, 0.6) is 0 Å². The van der Waals surface area contributed by atoms with E-state index in [0.29, 0.717) is 22.5 Å². The molecule has 0 aliphatic rings. The Morgan fingerprint density at radius 3 is 1.86 bits per heavy atom. The zero-order valence-corrected chi connectivity index (χ0v) is 11.6. The molecule has 1 N–H and O–H groups in total. The number of hydrogen-bond donors (Lipinski definition) is 1. The van der Waals surface area contributed by atoms with Crippen molar-refractivity contribution in [3.8, 4) is 0 Å². The molecule has 0 aliphatic heterocycles. The Bertz CT molecular complexity index is 663. The van der Waals surface area contributed by atoms with Crippen LogP contribution in [0.2, 0.25) is 0 Å². The predicted octanol–water partition coefficient (Wildman–Crippen LogP) is 2.82. The highest BCUT2D eigenvalue weighted by Crippen LogP contribution is 2.23. The van der Waals surface area contributed by atoms with Gasteiger partial charge in [-0.05, 0) is 12.1 Å². The van der Waals surface area contributed by atoms with E-state index in [1.54, 1.807) is 0 Å². The van der Waals surface area contributed by atoms with Gasteiger partial charge in [-0.25, -0.2) is 4.79 Å². The van der Waals surface area contributed by atoms with Crippen molar-refractivity contribution in [2.45, 2.75) is 0 Å². The number of aromatic carboxylic acids is 1. The Labute approximate surface area is 124 Å². The van der Waals surface area contributed by atoms with Crippen molar-refractivity contribution in [3.05, 3.63) is 54.2 Å². The molecule has 0 spiro atoms. The van der Waals surface area contributed by atoms with Crippen LogP contribution < -0.4 is 0 Å². The third kappa shape index (κ3) is 4.74. The number of carboxylic acid groups (broad SMARTS) is 1. The second kappa shape index (κ2) is 7.21. The summed E-state index contributed by atoms with van der Waals surface area (Å²) in [6, 6.07) is 5.13. The summed E-state index contributed by atoms with van der Waals surface area (Å²) in [5.74, 6) is -1.14. The summed E-state index contributed by atoms with van der Waals surface area (Å²) in [4.78, 5) is 39.6. The van der Waals surface area contributed by atoms with Gasteiger partial charge in [-0.1, -0.05) is 22.7 Å². The van der Waals surface area contributed by atoms with Crippen LogP contribution in [0, 0.1) is 20.2 Å². The smallest absolute Gasteiger partial charge is 0.346 e. The van der Waals surface area contributed by atoms with Gasteiger partial charge in [0.15, 0.2) is 6.29 Å². The van der Waals surface area contributed by atoms with Crippen molar-refractivity contribution >= 4 is 44.9 Å². The first kappa shape index (κ1) is 16.4. The van der Waals surface area contributed by atoms with E-state index in [-0.39, 0.29) is 14.9 Å². The second-order valence-electron chi connectivity index (χ2n) is 3.25. The zero-order valence-electron chi connectivity index (χ0n) is 9.99. The Morgan fingerprint density at radius 1 is 1.05 bits per heavy atom. The molecule has 0 bridgehead atoms. The second-order valence-corrected chi connectivity index (χ2v) is 5.41. The normalized spacial score (nSPS) is 9.33. The maximum absolute atomic E-state index is 10.2. The molecule has 0 amide bonds. The van der Waals surface area contributed by atoms with Gasteiger partial charge in [-0.2, -0.15) is 0 Å². The molecule has 2 aromatic rings. The van der Waals surface area contributed by atoms with Crippen LogP contribution in [0.25, 0.3) is 0 Å². The lowest BCUT2D eigenvalue weighted by atomic mass is 10.5. The fourth-order valence-corrected chi connectivity index (χ4v) is 2.34. The number of rotatable bonds is 4. The monoisotopic (exact) mass is 330 g/mol. The molecule has 2 rings (SSSR count). The minimum absolute atomic E-state index is 0.00194. The summed E-state index contributed by atoms with van der Waals surface area (Å²) < 4.78 is 0. The van der Waals surface area contributed by atoms with E-state index in [9.17, 15) is 29.8 Å². The highest BCUT2D eigenvalue weighted by molar-refractivity contribution is 7.17. The molecule has 9 nitrogen and oxygen atoms in total. The van der Waals surface area contributed by atoms with Crippen LogP contribution in [0.15, 0.2) is 24.3 Å². The molecule has 2 heterocycles. The van der Waals surface area contributed by atoms with E-state index in [1.165, 1.54) is 24.3 Å². The minimum Gasteiger partial charge on any atom is -0.477 e. The minimum atomic E-state index is -1.14. The summed E-state index contributed by atoms with van der Waals surface area (Å²) in [6.07, 6.45) is 0.595. The topological polar surface area (TPSA) is 141 Å². The lowest BCUT2D eigenvalue weighted by molar-refractivity contribution is -0.380. The van der Waals surface area contributed by atoms with E-state index >= 15 is 0 Å². The largest absolute Gasteiger partial charge is 0.477 e. The van der Waals surface area contributed by atoms with Crippen LogP contribution in [-0.4, -0.2) is 27.2 Å². The van der Waals surface area contributed by atoms with Crippen LogP contribution in [0.3, 0.4) is 0 Å². The zero-order chi connectivity index (χ0) is 16.0. The Kier molecular flexibility index (Phi) is 5.63. The Balaban J connectivity index is 0.000000211. The van der Waals surface area contributed by atoms with Crippen LogP contribution in [0.1, 0.15) is 19.3 Å². The third-order valence-corrected chi connectivity index (χ3v) is 3.88. The van der Waals surface area contributed by atoms with Crippen LogP contribution >= 0.6 is 22.7 Å². The van der Waals surface area contributed by atoms with Gasteiger partial charge in [-0.15, -0.1) is 0 Å². The summed E-state index contributed by atoms with van der Waals surface area (Å²) in [6.45, 7) is 0. The number of nitro groups is 2. The van der Waals surface area contributed by atoms with E-state index < -0.39 is 15.8 Å². The average Bonchev–Trinajstić information content (AvgIpc) is 3.08. The van der Waals surface area contributed by atoms with Gasteiger partial charge in [0.1, 0.15) is 4.88 Å². The third-order valence-electron chi connectivity index (χ3n) is 1.89. The first-order valence-corrected chi connectivity index (χ1v) is 6.65. The highest BCUT2D eigenvalue weighted by Gasteiger charge is 2.13. The molecule has 0 radical (unpaired) electrons. The van der Waals surface area contributed by atoms with Crippen molar-refractivity contribution in [2.75, 3.05) is 0 Å². The van der Waals surface area contributed by atoms with Crippen molar-refractivity contribution in [1.82, 2.24) is 0 Å². The summed E-state index contributed by atoms with van der Waals surface area (Å²) in [5.41, 5.74) is 0. The van der Waals surface area contributed by atoms with E-state index in [4.69, 9.17) is 5.11 Å². The van der Waals surface area contributed by atoms with Crippen molar-refractivity contribution in [2.24, 2.45) is 0 Å². The van der Waals surface area contributed by atoms with Gasteiger partial charge in [-0.3, -0.25) is 25.0 Å². The lowest BCUT2D eigenvalue weighted by Gasteiger charge is -1.81. The molecule has 0 aliphatic carbocycles. The first-order chi connectivity index (χ1) is 9.85. The van der Waals surface area contributed by atoms with Gasteiger partial charge in [0.25, 0.3) is 0 Å². The molecular weight excluding hydrogens is 324 g/mol. The molecule has 0 unspecified atom stereocenters. The number of carbonyl (C=O) groups is 2. The summed E-state index contributed by atoms with van der Waals surface area (Å²) >= 11 is 1.52. The quantitative estimate of drug-likeness (QED) is 0.516. The van der Waals surface area contributed by atoms with Crippen LogP contribution in [0.4, 0.5) is 10.0 Å². The molecule has 11 heteroatoms. The molecule has 0 saturated heterocycles. The lowest BCUT2D eigenvalue weighted by Crippen LogP contribution is -1.89. The average molecular weight is 330 g/mol. The summed E-state index contributed by atoms with van der Waals surface area (Å²) in [5, 5.41) is 28.3. The number of aldehydes is 1. The van der Waals surface area contributed by atoms with Gasteiger partial charge >= 0.3 is 16.0 Å². The molecular formula is C10H6N2O7S2. The number of carboxylic acids is 1. The van der Waals surface area contributed by atoms with Crippen molar-refractivity contribution in [3.63, 3.8) is 0 Å². The molecule has 0 fully saturated rings. The van der Waals surface area contributed by atoms with E-state index in [2.05, 4.69) is 0 Å². The number of nitrogens with zero attached hydrogens (tertiary/aromatic N) is 2. The molecule has 0 aromatic carbocycles. The van der Waals surface area contributed by atoms with Gasteiger partial charge < -0.3 is 5.11 Å². The Hall–Kier alpha value is -2.66. The molecule has 21 heavy (non-hydrogen) atoms. The molecule has 0 saturated carbocycles. The fraction of sp³-hybridized carbons (Fsp3) is 0. The highest BCUT2D eigenvalue weighted by atomic mass is 32.1. The standard InChI is InChI=1S/C5H3NO4S.C5H3NO3S/c7-5(8)3-1-2-4(11-3)6(9)10;7-3-4-1-2-5(10-4)6(8)9/h1-2H,(H,7,8);1-3H. The predicted molar refractivity (Wildman–Crippen MR) is 74.3 cm³/mol. The first-order valence-electron chi connectivity index (χ1n) is 5.02. The van der Waals surface area contributed by atoms with E-state index in [0.717, 1.165) is 11.3 Å². The molecule has 0 atom stereocenters. The maximum Gasteiger partial charge on any atom is 0.346 e. The van der Waals surface area contributed by atoms with Gasteiger partial charge in [0, 0.05) is 12.1 Å². The molecule has 2 aromatic heterocycles. The Morgan fingerprint density at radius 2 is 1.57 bits per heavy atom. The fourth-order valence-electron chi connectivity index (χ4n) is 1.04. The van der Waals surface area contributed by atoms with Gasteiger partial charge in [0.05, 0.1) is 14.7 Å². The van der Waals surface area contributed by atoms with E-state index in [1.807, 2.05) is 0 Å². The summed E-state index contributed by atoms with van der Waals surface area (Å²) in [7, 11) is 0.